The lowest BCUT2D eigenvalue weighted by molar-refractivity contribution is -0.150. The number of hydrogen-bond donors (Lipinski definition) is 2. The van der Waals surface area contributed by atoms with Crippen LogP contribution < -0.4 is 9.47 Å². The number of hydrogen-bond acceptors (Lipinski definition) is 4. The molecule has 0 saturated carbocycles. The Labute approximate surface area is 90.0 Å². The third-order valence-electron chi connectivity index (χ3n) is 2.22. The Morgan fingerprint density at radius 1 is 1.12 bits per heavy atom. The van der Waals surface area contributed by atoms with E-state index in [-0.39, 0.29) is 12.4 Å². The van der Waals surface area contributed by atoms with Gasteiger partial charge in [-0.2, -0.15) is 0 Å². The molecule has 6 nitrogen and oxygen atoms in total. The Kier molecular flexibility index (Phi) is 2.40. The molecule has 1 aromatic rings. The molecule has 16 heavy (non-hydrogen) atoms. The van der Waals surface area contributed by atoms with E-state index in [1.165, 1.54) is 18.2 Å². The molecule has 1 aliphatic rings. The Bertz CT molecular complexity index is 439. The smallest absolute Gasteiger partial charge is 0.322 e. The predicted octanol–water partition coefficient (Wildman–Crippen LogP) is 0.668. The fraction of sp³-hybridized carbons (Fsp3) is 0.200. The van der Waals surface area contributed by atoms with E-state index in [1.807, 2.05) is 0 Å². The summed E-state index contributed by atoms with van der Waals surface area (Å²) < 4.78 is 10.1. The molecule has 84 valence electrons. The largest absolute Gasteiger partial charge is 0.480 e. The summed E-state index contributed by atoms with van der Waals surface area (Å²) in [4.78, 5) is 21.6. The van der Waals surface area contributed by atoms with Crippen molar-refractivity contribution in [2.75, 3.05) is 6.79 Å². The number of carbonyl (C=O) groups is 2. The van der Waals surface area contributed by atoms with Crippen molar-refractivity contribution in [1.82, 2.24) is 0 Å². The van der Waals surface area contributed by atoms with Crippen LogP contribution in [0.3, 0.4) is 0 Å². The van der Waals surface area contributed by atoms with Gasteiger partial charge in [0.05, 0.1) is 0 Å². The van der Waals surface area contributed by atoms with Gasteiger partial charge < -0.3 is 19.7 Å². The van der Waals surface area contributed by atoms with Gasteiger partial charge in [0, 0.05) is 0 Å². The maximum Gasteiger partial charge on any atom is 0.322 e. The van der Waals surface area contributed by atoms with Crippen LogP contribution in [0.5, 0.6) is 11.5 Å². The van der Waals surface area contributed by atoms with E-state index in [0.29, 0.717) is 11.5 Å². The van der Waals surface area contributed by atoms with Crippen LogP contribution in [0.4, 0.5) is 0 Å². The first-order valence-corrected chi connectivity index (χ1v) is 4.45. The van der Waals surface area contributed by atoms with Gasteiger partial charge in [-0.3, -0.25) is 9.59 Å². The molecule has 1 heterocycles. The quantitative estimate of drug-likeness (QED) is 0.733. The summed E-state index contributed by atoms with van der Waals surface area (Å²) >= 11 is 0. The molecule has 6 heteroatoms. The minimum Gasteiger partial charge on any atom is -0.480 e. The maximum atomic E-state index is 10.8. The molecule has 1 aromatic carbocycles. The Morgan fingerprint density at radius 3 is 2.38 bits per heavy atom. The maximum absolute atomic E-state index is 10.8. The summed E-state index contributed by atoms with van der Waals surface area (Å²) in [6.07, 6.45) is 0. The number of carboxylic acid groups (broad SMARTS) is 2. The lowest BCUT2D eigenvalue weighted by Crippen LogP contribution is -2.20. The standard InChI is InChI=1S/C10H8O6/c11-9(12)8(10(13)14)5-1-2-6-7(3-5)16-4-15-6/h1-3,8H,4H2,(H,11,12)(H,13,14). The van der Waals surface area contributed by atoms with Crippen molar-refractivity contribution >= 4 is 11.9 Å². The zero-order valence-corrected chi connectivity index (χ0v) is 8.04. The first-order chi connectivity index (χ1) is 7.59. The van der Waals surface area contributed by atoms with E-state index in [1.54, 1.807) is 0 Å². The molecule has 0 aliphatic carbocycles. The van der Waals surface area contributed by atoms with Crippen molar-refractivity contribution < 1.29 is 29.3 Å². The molecule has 2 rings (SSSR count). The zero-order valence-electron chi connectivity index (χ0n) is 8.04. The van der Waals surface area contributed by atoms with E-state index in [0.717, 1.165) is 0 Å². The first-order valence-electron chi connectivity index (χ1n) is 4.45. The summed E-state index contributed by atoms with van der Waals surface area (Å²) in [6.45, 7) is 0.0591. The second-order valence-corrected chi connectivity index (χ2v) is 3.22. The highest BCUT2D eigenvalue weighted by Gasteiger charge is 2.29. The van der Waals surface area contributed by atoms with Crippen molar-refractivity contribution in [3.8, 4) is 11.5 Å². The van der Waals surface area contributed by atoms with Crippen molar-refractivity contribution in [1.29, 1.82) is 0 Å². The molecule has 0 unspecified atom stereocenters. The van der Waals surface area contributed by atoms with Gasteiger partial charge in [-0.05, 0) is 17.7 Å². The normalized spacial score (nSPS) is 12.8. The summed E-state index contributed by atoms with van der Waals surface area (Å²) in [5.74, 6) is -3.56. The highest BCUT2D eigenvalue weighted by atomic mass is 16.7. The van der Waals surface area contributed by atoms with Crippen LogP contribution in [0, 0.1) is 0 Å². The Hall–Kier alpha value is -2.24. The molecule has 0 radical (unpaired) electrons. The third-order valence-corrected chi connectivity index (χ3v) is 2.22. The van der Waals surface area contributed by atoms with Gasteiger partial charge in [-0.25, -0.2) is 0 Å². The molecule has 0 spiro atoms. The highest BCUT2D eigenvalue weighted by molar-refractivity contribution is 5.99. The summed E-state index contributed by atoms with van der Waals surface area (Å²) in [7, 11) is 0. The number of carboxylic acids is 2. The van der Waals surface area contributed by atoms with Gasteiger partial charge in [0.2, 0.25) is 6.79 Å². The third kappa shape index (κ3) is 1.65. The van der Waals surface area contributed by atoms with E-state index in [9.17, 15) is 9.59 Å². The Balaban J connectivity index is 2.39. The molecule has 0 aromatic heterocycles. The fourth-order valence-corrected chi connectivity index (χ4v) is 1.48. The number of ether oxygens (including phenoxy) is 2. The van der Waals surface area contributed by atoms with Crippen molar-refractivity contribution in [3.63, 3.8) is 0 Å². The molecule has 1 aliphatic heterocycles. The second kappa shape index (κ2) is 3.73. The minimum absolute atomic E-state index is 0.0591. The number of fused-ring (bicyclic) bond motifs is 1. The average Bonchev–Trinajstić information content (AvgIpc) is 2.63. The first kappa shape index (κ1) is 10.3. The van der Waals surface area contributed by atoms with E-state index in [4.69, 9.17) is 19.7 Å². The monoisotopic (exact) mass is 224 g/mol. The molecule has 0 bridgehead atoms. The number of rotatable bonds is 3. The van der Waals surface area contributed by atoms with Gasteiger partial charge in [0.1, 0.15) is 0 Å². The second-order valence-electron chi connectivity index (χ2n) is 3.22. The molecular weight excluding hydrogens is 216 g/mol. The van der Waals surface area contributed by atoms with Crippen LogP contribution in [0.1, 0.15) is 11.5 Å². The number of benzene rings is 1. The highest BCUT2D eigenvalue weighted by Crippen LogP contribution is 2.34. The molecule has 2 N–H and O–H groups in total. The molecular formula is C10H8O6. The van der Waals surface area contributed by atoms with E-state index < -0.39 is 17.9 Å². The van der Waals surface area contributed by atoms with Gasteiger partial charge in [-0.15, -0.1) is 0 Å². The van der Waals surface area contributed by atoms with Crippen LogP contribution in [0.15, 0.2) is 18.2 Å². The van der Waals surface area contributed by atoms with Gasteiger partial charge >= 0.3 is 11.9 Å². The van der Waals surface area contributed by atoms with Gasteiger partial charge in [0.15, 0.2) is 17.4 Å². The van der Waals surface area contributed by atoms with E-state index >= 15 is 0 Å². The van der Waals surface area contributed by atoms with Crippen molar-refractivity contribution in [3.05, 3.63) is 23.8 Å². The fourth-order valence-electron chi connectivity index (χ4n) is 1.48. The van der Waals surface area contributed by atoms with E-state index in [2.05, 4.69) is 0 Å². The molecule has 0 saturated heterocycles. The lowest BCUT2D eigenvalue weighted by Gasteiger charge is -2.08. The van der Waals surface area contributed by atoms with Crippen LogP contribution in [-0.2, 0) is 9.59 Å². The predicted molar refractivity (Wildman–Crippen MR) is 50.6 cm³/mol. The summed E-state index contributed by atoms with van der Waals surface area (Å²) in [5.41, 5.74) is 0.157. The molecule has 0 amide bonds. The van der Waals surface area contributed by atoms with Crippen molar-refractivity contribution in [2.45, 2.75) is 5.92 Å². The van der Waals surface area contributed by atoms with Crippen LogP contribution in [-0.4, -0.2) is 28.9 Å². The summed E-state index contributed by atoms with van der Waals surface area (Å²) in [5, 5.41) is 17.6. The SMILES string of the molecule is O=C(O)C(C(=O)O)c1ccc2c(c1)OCO2. The molecule has 0 atom stereocenters. The average molecular weight is 224 g/mol. The van der Waals surface area contributed by atoms with Gasteiger partial charge in [-0.1, -0.05) is 6.07 Å². The zero-order chi connectivity index (χ0) is 11.7. The van der Waals surface area contributed by atoms with Crippen LogP contribution in [0.2, 0.25) is 0 Å². The van der Waals surface area contributed by atoms with Crippen LogP contribution >= 0.6 is 0 Å². The summed E-state index contributed by atoms with van der Waals surface area (Å²) in [6, 6.07) is 4.27. The lowest BCUT2D eigenvalue weighted by atomic mass is 9.99. The topological polar surface area (TPSA) is 93.1 Å². The van der Waals surface area contributed by atoms with Crippen LogP contribution in [0.25, 0.3) is 0 Å². The minimum atomic E-state index is -1.59. The van der Waals surface area contributed by atoms with Crippen molar-refractivity contribution in [2.24, 2.45) is 0 Å². The Morgan fingerprint density at radius 2 is 1.75 bits per heavy atom. The molecule has 0 fully saturated rings. The number of aliphatic carboxylic acids is 2. The van der Waals surface area contributed by atoms with Gasteiger partial charge in [0.25, 0.3) is 0 Å².